The van der Waals surface area contributed by atoms with Crippen molar-refractivity contribution < 1.29 is 9.53 Å². The van der Waals surface area contributed by atoms with E-state index in [0.29, 0.717) is 18.8 Å². The number of ether oxygens (including phenoxy) is 1. The standard InChI is InChI=1S/C13H20N2O2Si/c1-18(2,3)7-6-17-9-10-4-5-14-13-11(10)8-12(16)15-13/h4-5H,6-9H2,1-3H3,(H,14,15,16). The summed E-state index contributed by atoms with van der Waals surface area (Å²) in [5.74, 6) is 0.721. The third-order valence-corrected chi connectivity index (χ3v) is 4.71. The van der Waals surface area contributed by atoms with E-state index in [9.17, 15) is 4.79 Å². The first kappa shape index (κ1) is 13.2. The van der Waals surface area contributed by atoms with E-state index in [4.69, 9.17) is 4.74 Å². The molecule has 0 unspecified atom stereocenters. The van der Waals surface area contributed by atoms with E-state index < -0.39 is 8.07 Å². The number of carbonyl (C=O) groups is 1. The number of hydrogen-bond acceptors (Lipinski definition) is 3. The van der Waals surface area contributed by atoms with Gasteiger partial charge < -0.3 is 10.1 Å². The average molecular weight is 264 g/mol. The van der Waals surface area contributed by atoms with E-state index >= 15 is 0 Å². The normalized spacial score (nSPS) is 14.5. The van der Waals surface area contributed by atoms with E-state index in [1.54, 1.807) is 6.20 Å². The smallest absolute Gasteiger partial charge is 0.230 e. The minimum Gasteiger partial charge on any atom is -0.377 e. The molecule has 1 aliphatic rings. The topological polar surface area (TPSA) is 51.2 Å². The van der Waals surface area contributed by atoms with Crippen molar-refractivity contribution in [3.05, 3.63) is 23.4 Å². The van der Waals surface area contributed by atoms with Gasteiger partial charge in [0.1, 0.15) is 5.82 Å². The number of rotatable bonds is 5. The van der Waals surface area contributed by atoms with Gasteiger partial charge in [0.15, 0.2) is 0 Å². The Morgan fingerprint density at radius 2 is 2.22 bits per heavy atom. The van der Waals surface area contributed by atoms with Crippen molar-refractivity contribution in [2.75, 3.05) is 11.9 Å². The molecule has 2 rings (SSSR count). The van der Waals surface area contributed by atoms with E-state index in [-0.39, 0.29) is 5.91 Å². The highest BCUT2D eigenvalue weighted by Gasteiger charge is 2.21. The van der Waals surface area contributed by atoms with Crippen LogP contribution in [0, 0.1) is 0 Å². The molecular formula is C13H20N2O2Si. The van der Waals surface area contributed by atoms with Gasteiger partial charge in [0, 0.05) is 26.4 Å². The summed E-state index contributed by atoms with van der Waals surface area (Å²) >= 11 is 0. The molecule has 98 valence electrons. The van der Waals surface area contributed by atoms with Crippen LogP contribution in [-0.4, -0.2) is 25.6 Å². The van der Waals surface area contributed by atoms with E-state index in [1.807, 2.05) is 6.07 Å². The van der Waals surface area contributed by atoms with Gasteiger partial charge in [-0.1, -0.05) is 19.6 Å². The molecule has 4 nitrogen and oxygen atoms in total. The van der Waals surface area contributed by atoms with Crippen molar-refractivity contribution in [1.82, 2.24) is 4.98 Å². The van der Waals surface area contributed by atoms with Gasteiger partial charge in [-0.25, -0.2) is 4.98 Å². The molecule has 1 N–H and O–H groups in total. The minimum absolute atomic E-state index is 0.0204. The first-order valence-electron chi connectivity index (χ1n) is 6.30. The maximum Gasteiger partial charge on any atom is 0.230 e. The SMILES string of the molecule is C[Si](C)(C)CCOCc1ccnc2c1CC(=O)N2. The first-order chi connectivity index (χ1) is 8.46. The molecule has 18 heavy (non-hydrogen) atoms. The summed E-state index contributed by atoms with van der Waals surface area (Å²) in [4.78, 5) is 15.5. The number of hydrogen-bond donors (Lipinski definition) is 1. The zero-order valence-corrected chi connectivity index (χ0v) is 12.2. The highest BCUT2D eigenvalue weighted by Crippen LogP contribution is 2.24. The Kier molecular flexibility index (Phi) is 3.82. The first-order valence-corrected chi connectivity index (χ1v) is 10.0. The van der Waals surface area contributed by atoms with Crippen LogP contribution in [-0.2, 0) is 22.6 Å². The van der Waals surface area contributed by atoms with Crippen molar-refractivity contribution in [3.8, 4) is 0 Å². The molecule has 0 saturated heterocycles. The molecule has 2 heterocycles. The van der Waals surface area contributed by atoms with Gasteiger partial charge in [0.05, 0.1) is 13.0 Å². The zero-order valence-electron chi connectivity index (χ0n) is 11.2. The van der Waals surface area contributed by atoms with Crippen molar-refractivity contribution in [2.45, 2.75) is 38.7 Å². The number of nitrogens with one attached hydrogen (secondary N) is 1. The van der Waals surface area contributed by atoms with Gasteiger partial charge in [0.25, 0.3) is 0 Å². The van der Waals surface area contributed by atoms with E-state index in [2.05, 4.69) is 29.9 Å². The zero-order chi connectivity index (χ0) is 13.2. The number of anilines is 1. The summed E-state index contributed by atoms with van der Waals surface area (Å²) in [6, 6.07) is 3.10. The lowest BCUT2D eigenvalue weighted by atomic mass is 10.1. The molecule has 1 amide bonds. The summed E-state index contributed by atoms with van der Waals surface area (Å²) in [6.07, 6.45) is 2.15. The maximum absolute atomic E-state index is 11.3. The van der Waals surface area contributed by atoms with Crippen LogP contribution in [0.4, 0.5) is 5.82 Å². The van der Waals surface area contributed by atoms with Crippen molar-refractivity contribution in [1.29, 1.82) is 0 Å². The average Bonchev–Trinajstić information content (AvgIpc) is 2.64. The molecule has 0 aromatic carbocycles. The molecule has 5 heteroatoms. The Bertz CT molecular complexity index is 455. The Labute approximate surface area is 109 Å². The molecular weight excluding hydrogens is 244 g/mol. The predicted molar refractivity (Wildman–Crippen MR) is 74.4 cm³/mol. The van der Waals surface area contributed by atoms with Crippen molar-refractivity contribution in [2.24, 2.45) is 0 Å². The fourth-order valence-corrected chi connectivity index (χ4v) is 2.63. The second kappa shape index (κ2) is 5.20. The second-order valence-electron chi connectivity index (χ2n) is 5.89. The number of aromatic nitrogens is 1. The summed E-state index contributed by atoms with van der Waals surface area (Å²) in [5, 5.41) is 2.75. The van der Waals surface area contributed by atoms with Crippen LogP contribution < -0.4 is 5.32 Å². The van der Waals surface area contributed by atoms with Gasteiger partial charge in [-0.15, -0.1) is 0 Å². The molecule has 0 atom stereocenters. The van der Waals surface area contributed by atoms with Gasteiger partial charge >= 0.3 is 0 Å². The third kappa shape index (κ3) is 3.40. The lowest BCUT2D eigenvalue weighted by molar-refractivity contribution is -0.115. The highest BCUT2D eigenvalue weighted by atomic mass is 28.3. The van der Waals surface area contributed by atoms with Crippen LogP contribution in [0.1, 0.15) is 11.1 Å². The number of nitrogens with zero attached hydrogens (tertiary/aromatic N) is 1. The summed E-state index contributed by atoms with van der Waals surface area (Å²) < 4.78 is 5.72. The maximum atomic E-state index is 11.3. The van der Waals surface area contributed by atoms with Crippen LogP contribution in [0.25, 0.3) is 0 Å². The number of carbonyl (C=O) groups excluding carboxylic acids is 1. The van der Waals surface area contributed by atoms with Gasteiger partial charge in [0.2, 0.25) is 5.91 Å². The largest absolute Gasteiger partial charge is 0.377 e. The molecule has 0 fully saturated rings. The van der Waals surface area contributed by atoms with Gasteiger partial charge in [-0.2, -0.15) is 0 Å². The fourth-order valence-electron chi connectivity index (χ4n) is 1.87. The fraction of sp³-hybridized carbons (Fsp3) is 0.538. The monoisotopic (exact) mass is 264 g/mol. The van der Waals surface area contributed by atoms with Crippen LogP contribution in [0.3, 0.4) is 0 Å². The molecule has 0 radical (unpaired) electrons. The van der Waals surface area contributed by atoms with Crippen molar-refractivity contribution in [3.63, 3.8) is 0 Å². The van der Waals surface area contributed by atoms with Gasteiger partial charge in [-0.3, -0.25) is 4.79 Å². The Morgan fingerprint density at radius 3 is 2.94 bits per heavy atom. The Balaban J connectivity index is 1.91. The Hall–Kier alpha value is -1.20. The molecule has 1 aromatic heterocycles. The molecule has 1 aliphatic heterocycles. The third-order valence-electron chi connectivity index (χ3n) is 3.00. The highest BCUT2D eigenvalue weighted by molar-refractivity contribution is 6.76. The quantitative estimate of drug-likeness (QED) is 0.656. The summed E-state index contributed by atoms with van der Waals surface area (Å²) in [5.41, 5.74) is 2.07. The van der Waals surface area contributed by atoms with Crippen LogP contribution >= 0.6 is 0 Å². The molecule has 1 aromatic rings. The van der Waals surface area contributed by atoms with Gasteiger partial charge in [-0.05, 0) is 17.7 Å². The molecule has 0 saturated carbocycles. The molecule has 0 aliphatic carbocycles. The van der Waals surface area contributed by atoms with E-state index in [1.165, 1.54) is 0 Å². The lowest BCUT2D eigenvalue weighted by Crippen LogP contribution is -2.21. The second-order valence-corrected chi connectivity index (χ2v) is 11.5. The van der Waals surface area contributed by atoms with Crippen LogP contribution in [0.2, 0.25) is 25.7 Å². The number of amides is 1. The lowest BCUT2D eigenvalue weighted by Gasteiger charge is -2.15. The van der Waals surface area contributed by atoms with Crippen molar-refractivity contribution >= 4 is 19.8 Å². The number of fused-ring (bicyclic) bond motifs is 1. The summed E-state index contributed by atoms with van der Waals surface area (Å²) in [6.45, 7) is 8.38. The minimum atomic E-state index is -1.03. The summed E-state index contributed by atoms with van der Waals surface area (Å²) in [7, 11) is -1.03. The van der Waals surface area contributed by atoms with Crippen LogP contribution in [0.5, 0.6) is 0 Å². The predicted octanol–water partition coefficient (Wildman–Crippen LogP) is 2.43. The van der Waals surface area contributed by atoms with Crippen LogP contribution in [0.15, 0.2) is 12.3 Å². The number of pyridine rings is 1. The Morgan fingerprint density at radius 1 is 1.44 bits per heavy atom. The molecule has 0 bridgehead atoms. The van der Waals surface area contributed by atoms with E-state index in [0.717, 1.165) is 23.8 Å². The molecule has 0 spiro atoms.